The standard InChI is InChI=1S/C15H21N3O2/c1-3-14(18-8-7-16-11-18)9-12(2)15(19)20-10-13-5-4-6-17-13/h4,6-8,11-12,14H,3,5,9-10H2,1-2H3. The van der Waals surface area contributed by atoms with Crippen molar-refractivity contribution in [2.75, 3.05) is 6.61 Å². The van der Waals surface area contributed by atoms with Gasteiger partial charge in [0.2, 0.25) is 0 Å². The summed E-state index contributed by atoms with van der Waals surface area (Å²) in [7, 11) is 0. The lowest BCUT2D eigenvalue weighted by molar-refractivity contribution is -0.146. The van der Waals surface area contributed by atoms with Gasteiger partial charge in [0.25, 0.3) is 0 Å². The Morgan fingerprint density at radius 1 is 1.55 bits per heavy atom. The first-order valence-corrected chi connectivity index (χ1v) is 7.05. The van der Waals surface area contributed by atoms with Crippen molar-refractivity contribution in [3.05, 3.63) is 31.0 Å². The van der Waals surface area contributed by atoms with Gasteiger partial charge >= 0.3 is 5.97 Å². The molecule has 1 aromatic heterocycles. The zero-order valence-electron chi connectivity index (χ0n) is 12.0. The molecule has 20 heavy (non-hydrogen) atoms. The Morgan fingerprint density at radius 2 is 2.40 bits per heavy atom. The number of esters is 1. The molecule has 5 nitrogen and oxygen atoms in total. The highest BCUT2D eigenvalue weighted by Crippen LogP contribution is 2.21. The molecule has 0 radical (unpaired) electrons. The number of carbonyl (C=O) groups excluding carboxylic acids is 1. The minimum Gasteiger partial charge on any atom is -0.459 e. The molecular formula is C15H21N3O2. The molecule has 0 aliphatic carbocycles. The normalized spacial score (nSPS) is 16.8. The molecule has 0 spiro atoms. The van der Waals surface area contributed by atoms with Gasteiger partial charge in [0, 0.05) is 31.1 Å². The number of imidazole rings is 1. The summed E-state index contributed by atoms with van der Waals surface area (Å²) < 4.78 is 7.37. The van der Waals surface area contributed by atoms with Crippen LogP contribution >= 0.6 is 0 Å². The van der Waals surface area contributed by atoms with Crippen LogP contribution in [0.1, 0.15) is 39.2 Å². The van der Waals surface area contributed by atoms with E-state index in [2.05, 4.69) is 21.5 Å². The van der Waals surface area contributed by atoms with Crippen molar-refractivity contribution in [3.63, 3.8) is 0 Å². The van der Waals surface area contributed by atoms with Crippen LogP contribution in [0.5, 0.6) is 0 Å². The molecule has 2 rings (SSSR count). The minimum atomic E-state index is -0.154. The first-order valence-electron chi connectivity index (χ1n) is 7.05. The lowest BCUT2D eigenvalue weighted by atomic mass is 10.00. The Kier molecular flexibility index (Phi) is 5.09. The van der Waals surface area contributed by atoms with Crippen LogP contribution in [0.3, 0.4) is 0 Å². The molecule has 2 heterocycles. The second-order valence-electron chi connectivity index (χ2n) is 5.10. The average molecular weight is 275 g/mol. The molecule has 0 fully saturated rings. The number of nitrogens with zero attached hydrogens (tertiary/aromatic N) is 3. The van der Waals surface area contributed by atoms with Crippen LogP contribution in [0.2, 0.25) is 0 Å². The highest BCUT2D eigenvalue weighted by molar-refractivity contribution is 5.90. The monoisotopic (exact) mass is 275 g/mol. The summed E-state index contributed by atoms with van der Waals surface area (Å²) in [5, 5.41) is 0. The fraction of sp³-hybridized carbons (Fsp3) is 0.533. The number of allylic oxidation sites excluding steroid dienone is 1. The van der Waals surface area contributed by atoms with Gasteiger partial charge < -0.3 is 9.30 Å². The Balaban J connectivity index is 1.80. The van der Waals surface area contributed by atoms with Crippen LogP contribution in [0.25, 0.3) is 0 Å². The number of aromatic nitrogens is 2. The van der Waals surface area contributed by atoms with Crippen LogP contribution in [0.15, 0.2) is 36.0 Å². The molecule has 0 bridgehead atoms. The Labute approximate surface area is 119 Å². The lowest BCUT2D eigenvalue weighted by Gasteiger charge is -2.20. The van der Waals surface area contributed by atoms with Crippen molar-refractivity contribution in [2.24, 2.45) is 10.9 Å². The van der Waals surface area contributed by atoms with E-state index in [1.165, 1.54) is 0 Å². The smallest absolute Gasteiger partial charge is 0.309 e. The number of hydrogen-bond acceptors (Lipinski definition) is 4. The van der Waals surface area contributed by atoms with Crippen molar-refractivity contribution in [1.29, 1.82) is 0 Å². The maximum absolute atomic E-state index is 12.0. The number of ether oxygens (including phenoxy) is 1. The van der Waals surface area contributed by atoms with Crippen LogP contribution in [-0.4, -0.2) is 27.8 Å². The SMILES string of the molecule is CCC(CC(C)C(=O)OCC1=NC=CC1)n1ccnc1. The molecule has 5 heteroatoms. The first kappa shape index (κ1) is 14.5. The van der Waals surface area contributed by atoms with Gasteiger partial charge in [-0.3, -0.25) is 9.79 Å². The van der Waals surface area contributed by atoms with Crippen molar-refractivity contribution in [3.8, 4) is 0 Å². The second kappa shape index (κ2) is 7.03. The van der Waals surface area contributed by atoms with Crippen molar-refractivity contribution in [2.45, 2.75) is 39.2 Å². The summed E-state index contributed by atoms with van der Waals surface area (Å²) >= 11 is 0. The molecule has 0 saturated heterocycles. The van der Waals surface area contributed by atoms with E-state index in [9.17, 15) is 4.79 Å². The molecule has 1 aliphatic rings. The largest absolute Gasteiger partial charge is 0.459 e. The van der Waals surface area contributed by atoms with E-state index in [0.717, 1.165) is 25.0 Å². The third kappa shape index (κ3) is 3.79. The van der Waals surface area contributed by atoms with Gasteiger partial charge in [-0.25, -0.2) is 4.98 Å². The molecule has 1 aliphatic heterocycles. The summed E-state index contributed by atoms with van der Waals surface area (Å²) in [6.45, 7) is 4.33. The van der Waals surface area contributed by atoms with Crippen LogP contribution in [0.4, 0.5) is 0 Å². The van der Waals surface area contributed by atoms with Gasteiger partial charge in [-0.2, -0.15) is 0 Å². The molecule has 0 aromatic carbocycles. The summed E-state index contributed by atoms with van der Waals surface area (Å²) in [6, 6.07) is 0.283. The fourth-order valence-electron chi connectivity index (χ4n) is 2.28. The number of rotatable bonds is 7. The van der Waals surface area contributed by atoms with Crippen LogP contribution in [0, 0.1) is 5.92 Å². The maximum atomic E-state index is 12.0. The van der Waals surface area contributed by atoms with Crippen LogP contribution in [-0.2, 0) is 9.53 Å². The Bertz CT molecular complexity index is 491. The van der Waals surface area contributed by atoms with E-state index in [1.54, 1.807) is 18.7 Å². The van der Waals surface area contributed by atoms with E-state index in [0.29, 0.717) is 6.61 Å². The highest BCUT2D eigenvalue weighted by atomic mass is 16.5. The van der Waals surface area contributed by atoms with Crippen molar-refractivity contribution >= 4 is 11.7 Å². The summed E-state index contributed by atoms with van der Waals surface area (Å²) in [4.78, 5) is 20.2. The predicted molar refractivity (Wildman–Crippen MR) is 77.5 cm³/mol. The van der Waals surface area contributed by atoms with E-state index in [-0.39, 0.29) is 17.9 Å². The number of hydrogen-bond donors (Lipinski definition) is 0. The molecule has 0 N–H and O–H groups in total. The third-order valence-electron chi connectivity index (χ3n) is 3.54. The molecular weight excluding hydrogens is 254 g/mol. The predicted octanol–water partition coefficient (Wildman–Crippen LogP) is 2.76. The average Bonchev–Trinajstić information content (AvgIpc) is 3.14. The van der Waals surface area contributed by atoms with Crippen molar-refractivity contribution in [1.82, 2.24) is 9.55 Å². The summed E-state index contributed by atoms with van der Waals surface area (Å²) in [5.41, 5.74) is 0.909. The summed E-state index contributed by atoms with van der Waals surface area (Å²) in [5.74, 6) is -0.282. The Hall–Kier alpha value is -1.91. The molecule has 0 amide bonds. The van der Waals surface area contributed by atoms with Gasteiger partial charge in [-0.15, -0.1) is 0 Å². The third-order valence-corrected chi connectivity index (χ3v) is 3.54. The molecule has 108 valence electrons. The fourth-order valence-corrected chi connectivity index (χ4v) is 2.28. The van der Waals surface area contributed by atoms with Gasteiger partial charge in [0.05, 0.1) is 18.0 Å². The van der Waals surface area contributed by atoms with Gasteiger partial charge in [0.15, 0.2) is 0 Å². The summed E-state index contributed by atoms with van der Waals surface area (Å²) in [6.07, 6.45) is 11.7. The molecule has 0 saturated carbocycles. The topological polar surface area (TPSA) is 56.5 Å². The Morgan fingerprint density at radius 3 is 3.00 bits per heavy atom. The van der Waals surface area contributed by atoms with E-state index in [1.807, 2.05) is 19.2 Å². The number of carbonyl (C=O) groups is 1. The van der Waals surface area contributed by atoms with E-state index in [4.69, 9.17) is 4.74 Å². The van der Waals surface area contributed by atoms with Crippen molar-refractivity contribution < 1.29 is 9.53 Å². The number of aliphatic imine (C=N–C) groups is 1. The molecule has 1 aromatic rings. The van der Waals surface area contributed by atoms with E-state index < -0.39 is 0 Å². The van der Waals surface area contributed by atoms with Gasteiger partial charge in [-0.05, 0) is 12.8 Å². The van der Waals surface area contributed by atoms with Gasteiger partial charge in [0.1, 0.15) is 6.61 Å². The zero-order chi connectivity index (χ0) is 14.4. The van der Waals surface area contributed by atoms with Gasteiger partial charge in [-0.1, -0.05) is 19.9 Å². The quantitative estimate of drug-likeness (QED) is 0.719. The zero-order valence-corrected chi connectivity index (χ0v) is 12.0. The minimum absolute atomic E-state index is 0.127. The lowest BCUT2D eigenvalue weighted by Crippen LogP contribution is -2.22. The molecule has 2 atom stereocenters. The maximum Gasteiger partial charge on any atom is 0.309 e. The van der Waals surface area contributed by atoms with E-state index >= 15 is 0 Å². The first-order chi connectivity index (χ1) is 9.70. The van der Waals surface area contributed by atoms with Crippen LogP contribution < -0.4 is 0 Å². The molecule has 2 unspecified atom stereocenters. The highest BCUT2D eigenvalue weighted by Gasteiger charge is 2.20. The second-order valence-corrected chi connectivity index (χ2v) is 5.10.